The van der Waals surface area contributed by atoms with E-state index in [1.165, 1.54) is 11.1 Å². The number of likely N-dealkylation sites (N-methyl/N-ethyl adjacent to an activating group) is 1. The van der Waals surface area contributed by atoms with Gasteiger partial charge in [0.1, 0.15) is 0 Å². The minimum atomic E-state index is 0.127. The normalized spacial score (nSPS) is 18.6. The number of rotatable bonds is 3. The molecule has 0 unspecified atom stereocenters. The molecule has 1 atom stereocenters. The highest BCUT2D eigenvalue weighted by molar-refractivity contribution is 5.64. The molecule has 18 heavy (non-hydrogen) atoms. The lowest BCUT2D eigenvalue weighted by atomic mass is 9.92. The molecule has 4 nitrogen and oxygen atoms in total. The van der Waals surface area contributed by atoms with Crippen LogP contribution in [0.2, 0.25) is 0 Å². The number of nitrogens with zero attached hydrogens (tertiary/aromatic N) is 1. The molecular formula is C14H16N2O2. The van der Waals surface area contributed by atoms with Gasteiger partial charge in [-0.15, -0.1) is 0 Å². The second kappa shape index (κ2) is 4.92. The van der Waals surface area contributed by atoms with Gasteiger partial charge in [0.05, 0.1) is 18.9 Å². The third kappa shape index (κ3) is 1.94. The monoisotopic (exact) mass is 244 g/mol. The molecule has 1 aromatic carbocycles. The zero-order chi connectivity index (χ0) is 12.4. The minimum Gasteiger partial charge on any atom is -0.372 e. The molecule has 4 heteroatoms. The Bertz CT molecular complexity index is 523. The summed E-state index contributed by atoms with van der Waals surface area (Å²) in [4.78, 5) is 0. The molecule has 0 radical (unpaired) electrons. The maximum Gasteiger partial charge on any atom is 0.167 e. The maximum atomic E-state index is 5.81. The van der Waals surface area contributed by atoms with E-state index < -0.39 is 0 Å². The zero-order valence-corrected chi connectivity index (χ0v) is 10.3. The summed E-state index contributed by atoms with van der Waals surface area (Å²) in [6.07, 6.45) is 2.73. The van der Waals surface area contributed by atoms with E-state index in [0.29, 0.717) is 0 Å². The standard InChI is InChI=1S/C14H16N2O2/c1-15-9-14-12-4-2-3-11(10(12)6-8-17-14)13-5-7-16-18-13/h2-5,7,14-15H,6,8-9H2,1H3/t14-/m1/s1. The molecule has 0 spiro atoms. The first-order chi connectivity index (χ1) is 8.90. The third-order valence-electron chi connectivity index (χ3n) is 3.32. The molecule has 0 saturated carbocycles. The van der Waals surface area contributed by atoms with E-state index in [9.17, 15) is 0 Å². The summed E-state index contributed by atoms with van der Waals surface area (Å²) >= 11 is 0. The van der Waals surface area contributed by atoms with Crippen molar-refractivity contribution in [2.45, 2.75) is 12.5 Å². The molecule has 0 bridgehead atoms. The van der Waals surface area contributed by atoms with Gasteiger partial charge >= 0.3 is 0 Å². The highest BCUT2D eigenvalue weighted by atomic mass is 16.5. The van der Waals surface area contributed by atoms with Crippen LogP contribution in [-0.2, 0) is 11.2 Å². The fourth-order valence-corrected chi connectivity index (χ4v) is 2.52. The van der Waals surface area contributed by atoms with Crippen molar-refractivity contribution in [2.24, 2.45) is 0 Å². The zero-order valence-electron chi connectivity index (χ0n) is 10.3. The van der Waals surface area contributed by atoms with Crippen molar-refractivity contribution in [3.05, 3.63) is 41.6 Å². The fraction of sp³-hybridized carbons (Fsp3) is 0.357. The van der Waals surface area contributed by atoms with Gasteiger partial charge in [-0.25, -0.2) is 0 Å². The van der Waals surface area contributed by atoms with Crippen molar-refractivity contribution >= 4 is 0 Å². The second-order valence-electron chi connectivity index (χ2n) is 4.42. The molecular weight excluding hydrogens is 228 g/mol. The van der Waals surface area contributed by atoms with Gasteiger partial charge < -0.3 is 14.6 Å². The summed E-state index contributed by atoms with van der Waals surface area (Å²) in [7, 11) is 1.94. The molecule has 2 aromatic rings. The van der Waals surface area contributed by atoms with Gasteiger partial charge in [-0.1, -0.05) is 23.4 Å². The quantitative estimate of drug-likeness (QED) is 0.899. The first-order valence-electron chi connectivity index (χ1n) is 6.19. The molecule has 94 valence electrons. The van der Waals surface area contributed by atoms with Crippen LogP contribution in [0.5, 0.6) is 0 Å². The summed E-state index contributed by atoms with van der Waals surface area (Å²) in [5.41, 5.74) is 3.71. The van der Waals surface area contributed by atoms with E-state index in [0.717, 1.165) is 30.9 Å². The highest BCUT2D eigenvalue weighted by Crippen LogP contribution is 2.33. The summed E-state index contributed by atoms with van der Waals surface area (Å²) < 4.78 is 11.1. The van der Waals surface area contributed by atoms with Crippen LogP contribution in [0, 0.1) is 0 Å². The number of aromatic nitrogens is 1. The predicted octanol–water partition coefficient (Wildman–Crippen LogP) is 2.17. The Hall–Kier alpha value is -1.65. The number of hydrogen-bond acceptors (Lipinski definition) is 4. The fourth-order valence-electron chi connectivity index (χ4n) is 2.52. The Morgan fingerprint density at radius 1 is 1.39 bits per heavy atom. The lowest BCUT2D eigenvalue weighted by Crippen LogP contribution is -2.25. The summed E-state index contributed by atoms with van der Waals surface area (Å²) in [5.74, 6) is 0.831. The highest BCUT2D eigenvalue weighted by Gasteiger charge is 2.23. The van der Waals surface area contributed by atoms with E-state index in [1.807, 2.05) is 19.2 Å². The Morgan fingerprint density at radius 2 is 2.33 bits per heavy atom. The molecule has 0 saturated heterocycles. The molecule has 1 N–H and O–H groups in total. The molecule has 1 aliphatic heterocycles. The van der Waals surface area contributed by atoms with Crippen LogP contribution in [-0.4, -0.2) is 25.4 Å². The topological polar surface area (TPSA) is 47.3 Å². The predicted molar refractivity (Wildman–Crippen MR) is 68.3 cm³/mol. The number of hydrogen-bond donors (Lipinski definition) is 1. The first-order valence-corrected chi connectivity index (χ1v) is 6.19. The SMILES string of the molecule is CNC[C@H]1OCCc2c(-c3ccno3)cccc21. The smallest absolute Gasteiger partial charge is 0.167 e. The van der Waals surface area contributed by atoms with Crippen LogP contribution in [0.15, 0.2) is 35.0 Å². The van der Waals surface area contributed by atoms with Crippen molar-refractivity contribution in [2.75, 3.05) is 20.2 Å². The van der Waals surface area contributed by atoms with Crippen molar-refractivity contribution in [3.8, 4) is 11.3 Å². The van der Waals surface area contributed by atoms with Crippen LogP contribution < -0.4 is 5.32 Å². The van der Waals surface area contributed by atoms with Crippen molar-refractivity contribution in [1.82, 2.24) is 10.5 Å². The second-order valence-corrected chi connectivity index (χ2v) is 4.42. The molecule has 1 aromatic heterocycles. The number of fused-ring (bicyclic) bond motifs is 1. The van der Waals surface area contributed by atoms with Crippen LogP contribution in [0.25, 0.3) is 11.3 Å². The molecule has 0 aliphatic carbocycles. The molecule has 1 aliphatic rings. The van der Waals surface area contributed by atoms with Crippen molar-refractivity contribution in [1.29, 1.82) is 0 Å². The molecule has 3 rings (SSSR count). The van der Waals surface area contributed by atoms with Crippen LogP contribution in [0.1, 0.15) is 17.2 Å². The van der Waals surface area contributed by atoms with Gasteiger partial charge in [-0.3, -0.25) is 0 Å². The Balaban J connectivity index is 2.06. The van der Waals surface area contributed by atoms with E-state index in [4.69, 9.17) is 9.26 Å². The van der Waals surface area contributed by atoms with Crippen LogP contribution in [0.4, 0.5) is 0 Å². The average Bonchev–Trinajstić information content (AvgIpc) is 2.93. The van der Waals surface area contributed by atoms with Crippen LogP contribution in [0.3, 0.4) is 0 Å². The van der Waals surface area contributed by atoms with Gasteiger partial charge in [0.15, 0.2) is 5.76 Å². The summed E-state index contributed by atoms with van der Waals surface area (Å²) in [5, 5.41) is 6.96. The third-order valence-corrected chi connectivity index (χ3v) is 3.32. The van der Waals surface area contributed by atoms with Gasteiger partial charge in [-0.2, -0.15) is 0 Å². The van der Waals surface area contributed by atoms with Gasteiger partial charge in [0, 0.05) is 18.2 Å². The van der Waals surface area contributed by atoms with Crippen molar-refractivity contribution < 1.29 is 9.26 Å². The van der Waals surface area contributed by atoms with Gasteiger partial charge in [0.2, 0.25) is 0 Å². The van der Waals surface area contributed by atoms with E-state index in [-0.39, 0.29) is 6.10 Å². The Labute approximate surface area is 106 Å². The first kappa shape index (κ1) is 11.4. The lowest BCUT2D eigenvalue weighted by Gasteiger charge is -2.27. The van der Waals surface area contributed by atoms with Crippen LogP contribution >= 0.6 is 0 Å². The van der Waals surface area contributed by atoms with E-state index >= 15 is 0 Å². The maximum absolute atomic E-state index is 5.81. The van der Waals surface area contributed by atoms with Gasteiger partial charge in [0.25, 0.3) is 0 Å². The molecule has 0 fully saturated rings. The van der Waals surface area contributed by atoms with E-state index in [2.05, 4.69) is 22.6 Å². The minimum absolute atomic E-state index is 0.127. The Kier molecular flexibility index (Phi) is 3.13. The van der Waals surface area contributed by atoms with Gasteiger partial charge in [-0.05, 0) is 24.6 Å². The molecule has 0 amide bonds. The number of ether oxygens (including phenoxy) is 1. The largest absolute Gasteiger partial charge is 0.372 e. The summed E-state index contributed by atoms with van der Waals surface area (Å²) in [6, 6.07) is 8.17. The summed E-state index contributed by atoms with van der Waals surface area (Å²) in [6.45, 7) is 1.58. The van der Waals surface area contributed by atoms with Crippen molar-refractivity contribution in [3.63, 3.8) is 0 Å². The number of nitrogens with one attached hydrogen (secondary N) is 1. The Morgan fingerprint density at radius 3 is 3.11 bits per heavy atom. The lowest BCUT2D eigenvalue weighted by molar-refractivity contribution is 0.0440. The molecule has 2 heterocycles. The number of benzene rings is 1. The average molecular weight is 244 g/mol. The van der Waals surface area contributed by atoms with E-state index in [1.54, 1.807) is 6.20 Å².